The van der Waals surface area contributed by atoms with Crippen LogP contribution in [0.1, 0.15) is 18.3 Å². The van der Waals surface area contributed by atoms with E-state index in [1.807, 2.05) is 18.2 Å². The van der Waals surface area contributed by atoms with E-state index in [2.05, 4.69) is 15.0 Å². The molecule has 0 spiro atoms. The number of carboxylic acid groups (broad SMARTS) is 1. The van der Waals surface area contributed by atoms with Gasteiger partial charge in [-0.25, -0.2) is 4.98 Å². The second-order valence-electron chi connectivity index (χ2n) is 3.60. The highest BCUT2D eigenvalue weighted by Crippen LogP contribution is 2.17. The Morgan fingerprint density at radius 3 is 2.94 bits per heavy atom. The maximum atomic E-state index is 10.5. The summed E-state index contributed by atoms with van der Waals surface area (Å²) < 4.78 is 0. The van der Waals surface area contributed by atoms with Crippen molar-refractivity contribution in [3.8, 4) is 11.4 Å². The fourth-order valence-electron chi connectivity index (χ4n) is 1.46. The minimum Gasteiger partial charge on any atom is -0.481 e. The van der Waals surface area contributed by atoms with E-state index in [1.165, 1.54) is 0 Å². The summed E-state index contributed by atoms with van der Waals surface area (Å²) in [7, 11) is 0. The number of aliphatic carboxylic acids is 1. The van der Waals surface area contributed by atoms with Gasteiger partial charge in [-0.05, 0) is 12.1 Å². The smallest absolute Gasteiger partial charge is 0.305 e. The van der Waals surface area contributed by atoms with Crippen LogP contribution in [0, 0.1) is 0 Å². The number of aromatic amines is 1. The molecule has 17 heavy (non-hydrogen) atoms. The molecule has 1 atom stereocenters. The van der Waals surface area contributed by atoms with Gasteiger partial charge in [0.05, 0.1) is 30.0 Å². The van der Waals surface area contributed by atoms with Gasteiger partial charge in [-0.15, -0.1) is 0 Å². The lowest BCUT2D eigenvalue weighted by molar-refractivity contribution is -0.137. The lowest BCUT2D eigenvalue weighted by atomic mass is 10.2. The first-order valence-electron chi connectivity index (χ1n) is 5.10. The number of hydrogen-bond donors (Lipinski definition) is 3. The third kappa shape index (κ3) is 2.67. The Morgan fingerprint density at radius 1 is 1.47 bits per heavy atom. The summed E-state index contributed by atoms with van der Waals surface area (Å²) in [6.07, 6.45) is 3.11. The van der Waals surface area contributed by atoms with Crippen molar-refractivity contribution in [3.63, 3.8) is 0 Å². The Kier molecular flexibility index (Phi) is 3.15. The first kappa shape index (κ1) is 11.3. The molecule has 0 aliphatic heterocycles. The number of nitrogens with two attached hydrogens (primary N) is 1. The Morgan fingerprint density at radius 2 is 2.29 bits per heavy atom. The van der Waals surface area contributed by atoms with Gasteiger partial charge in [0, 0.05) is 6.20 Å². The summed E-state index contributed by atoms with van der Waals surface area (Å²) in [4.78, 5) is 21.7. The number of nitrogens with one attached hydrogen (secondary N) is 1. The first-order chi connectivity index (χ1) is 8.16. The summed E-state index contributed by atoms with van der Waals surface area (Å²) in [5, 5.41) is 8.64. The summed E-state index contributed by atoms with van der Waals surface area (Å²) in [6.45, 7) is 0. The average Bonchev–Trinajstić information content (AvgIpc) is 2.78. The van der Waals surface area contributed by atoms with Gasteiger partial charge >= 0.3 is 5.97 Å². The monoisotopic (exact) mass is 232 g/mol. The SMILES string of the molecule is NC(CC(=O)O)c1ncc(-c2ccccn2)[nH]1. The van der Waals surface area contributed by atoms with Gasteiger partial charge < -0.3 is 15.8 Å². The third-order valence-electron chi connectivity index (χ3n) is 2.28. The van der Waals surface area contributed by atoms with Gasteiger partial charge in [0.15, 0.2) is 0 Å². The highest BCUT2D eigenvalue weighted by molar-refractivity contribution is 5.67. The molecule has 0 fully saturated rings. The van der Waals surface area contributed by atoms with Crippen LogP contribution in [0.25, 0.3) is 11.4 Å². The van der Waals surface area contributed by atoms with E-state index >= 15 is 0 Å². The van der Waals surface area contributed by atoms with Crippen LogP contribution < -0.4 is 5.73 Å². The Balaban J connectivity index is 2.19. The summed E-state index contributed by atoms with van der Waals surface area (Å²) in [5.41, 5.74) is 7.16. The average molecular weight is 232 g/mol. The molecule has 0 aromatic carbocycles. The highest BCUT2D eigenvalue weighted by Gasteiger charge is 2.14. The molecule has 0 saturated heterocycles. The minimum absolute atomic E-state index is 0.158. The molecule has 1 unspecified atom stereocenters. The normalized spacial score (nSPS) is 12.3. The zero-order chi connectivity index (χ0) is 12.3. The van der Waals surface area contributed by atoms with Crippen molar-refractivity contribution in [2.45, 2.75) is 12.5 Å². The molecule has 0 aliphatic rings. The fraction of sp³-hybridized carbons (Fsp3) is 0.182. The molecule has 2 heterocycles. The summed E-state index contributed by atoms with van der Waals surface area (Å²) >= 11 is 0. The summed E-state index contributed by atoms with van der Waals surface area (Å²) in [6, 6.07) is 4.88. The van der Waals surface area contributed by atoms with Crippen molar-refractivity contribution in [3.05, 3.63) is 36.4 Å². The Bertz CT molecular complexity index is 509. The van der Waals surface area contributed by atoms with Crippen LogP contribution in [0.3, 0.4) is 0 Å². The third-order valence-corrected chi connectivity index (χ3v) is 2.28. The number of carboxylic acids is 1. The van der Waals surface area contributed by atoms with Crippen LogP contribution in [0.2, 0.25) is 0 Å². The maximum Gasteiger partial charge on any atom is 0.305 e. The predicted molar refractivity (Wildman–Crippen MR) is 61.0 cm³/mol. The maximum absolute atomic E-state index is 10.5. The van der Waals surface area contributed by atoms with Crippen molar-refractivity contribution >= 4 is 5.97 Å². The molecule has 6 heteroatoms. The number of hydrogen-bond acceptors (Lipinski definition) is 4. The van der Waals surface area contributed by atoms with Gasteiger partial charge in [-0.1, -0.05) is 6.07 Å². The van der Waals surface area contributed by atoms with Crippen molar-refractivity contribution in [2.24, 2.45) is 5.73 Å². The zero-order valence-electron chi connectivity index (χ0n) is 9.00. The summed E-state index contributed by atoms with van der Waals surface area (Å²) in [5.74, 6) is -0.499. The predicted octanol–water partition coefficient (Wildman–Crippen LogP) is 0.946. The lowest BCUT2D eigenvalue weighted by Crippen LogP contribution is -2.16. The number of rotatable bonds is 4. The van der Waals surface area contributed by atoms with Crippen LogP contribution in [-0.2, 0) is 4.79 Å². The van der Waals surface area contributed by atoms with Gasteiger partial charge in [0.25, 0.3) is 0 Å². The molecule has 0 aliphatic carbocycles. The highest BCUT2D eigenvalue weighted by atomic mass is 16.4. The number of imidazole rings is 1. The molecule has 2 aromatic rings. The number of pyridine rings is 1. The van der Waals surface area contributed by atoms with Crippen LogP contribution in [0.5, 0.6) is 0 Å². The zero-order valence-corrected chi connectivity index (χ0v) is 9.00. The van der Waals surface area contributed by atoms with Crippen LogP contribution in [-0.4, -0.2) is 26.0 Å². The van der Waals surface area contributed by atoms with Crippen molar-refractivity contribution in [2.75, 3.05) is 0 Å². The van der Waals surface area contributed by atoms with Crippen LogP contribution >= 0.6 is 0 Å². The van der Waals surface area contributed by atoms with Crippen LogP contribution in [0.4, 0.5) is 0 Å². The molecule has 0 radical (unpaired) electrons. The second-order valence-corrected chi connectivity index (χ2v) is 3.60. The topological polar surface area (TPSA) is 105 Å². The van der Waals surface area contributed by atoms with Crippen LogP contribution in [0.15, 0.2) is 30.6 Å². The fourth-order valence-corrected chi connectivity index (χ4v) is 1.46. The molecule has 0 saturated carbocycles. The molecule has 6 nitrogen and oxygen atoms in total. The molecular formula is C11H12N4O2. The first-order valence-corrected chi connectivity index (χ1v) is 5.10. The van der Waals surface area contributed by atoms with E-state index in [9.17, 15) is 4.79 Å². The standard InChI is InChI=1S/C11H12N4O2/c12-7(5-10(16)17)11-14-6-9(15-11)8-3-1-2-4-13-8/h1-4,6-7H,5,12H2,(H,14,15)(H,16,17). The molecule has 88 valence electrons. The molecular weight excluding hydrogens is 220 g/mol. The Labute approximate surface area is 97.5 Å². The molecule has 0 bridgehead atoms. The molecule has 2 aromatic heterocycles. The number of carbonyl (C=O) groups is 1. The van der Waals surface area contributed by atoms with E-state index in [4.69, 9.17) is 10.8 Å². The molecule has 4 N–H and O–H groups in total. The van der Waals surface area contributed by atoms with Gasteiger partial charge in [-0.2, -0.15) is 0 Å². The molecule has 0 amide bonds. The largest absolute Gasteiger partial charge is 0.481 e. The quantitative estimate of drug-likeness (QED) is 0.727. The number of aromatic nitrogens is 3. The second kappa shape index (κ2) is 4.75. The lowest BCUT2D eigenvalue weighted by Gasteiger charge is -2.04. The van der Waals surface area contributed by atoms with Gasteiger partial charge in [-0.3, -0.25) is 9.78 Å². The van der Waals surface area contributed by atoms with Crippen molar-refractivity contribution in [1.29, 1.82) is 0 Å². The number of nitrogens with zero attached hydrogens (tertiary/aromatic N) is 2. The van der Waals surface area contributed by atoms with E-state index < -0.39 is 12.0 Å². The van der Waals surface area contributed by atoms with Gasteiger partial charge in [0.2, 0.25) is 0 Å². The Hall–Kier alpha value is -2.21. The van der Waals surface area contributed by atoms with E-state index in [0.29, 0.717) is 5.82 Å². The van der Waals surface area contributed by atoms with Crippen molar-refractivity contribution < 1.29 is 9.90 Å². The number of H-pyrrole nitrogens is 1. The van der Waals surface area contributed by atoms with Crippen molar-refractivity contribution in [1.82, 2.24) is 15.0 Å². The van der Waals surface area contributed by atoms with Gasteiger partial charge in [0.1, 0.15) is 5.82 Å². The van der Waals surface area contributed by atoms with E-state index in [1.54, 1.807) is 12.4 Å². The molecule has 2 rings (SSSR count). The van der Waals surface area contributed by atoms with E-state index in [0.717, 1.165) is 11.4 Å². The minimum atomic E-state index is -0.951. The van der Waals surface area contributed by atoms with E-state index in [-0.39, 0.29) is 6.42 Å².